The summed E-state index contributed by atoms with van der Waals surface area (Å²) in [6.07, 6.45) is 5.10. The molecule has 0 bridgehead atoms. The Balaban J connectivity index is 0.000000791. The maximum absolute atomic E-state index is 10.8. The molecule has 1 aromatic rings. The number of hydrogen-bond donors (Lipinski definition) is 3. The fraction of sp³-hybridized carbons (Fsp3) is 0.333. The number of terminal acetylenes is 1. The van der Waals surface area contributed by atoms with Crippen LogP contribution in [0.3, 0.4) is 0 Å². The van der Waals surface area contributed by atoms with Gasteiger partial charge in [0, 0.05) is 7.05 Å². The van der Waals surface area contributed by atoms with Gasteiger partial charge < -0.3 is 11.1 Å². The lowest BCUT2D eigenvalue weighted by Gasteiger charge is -1.95. The second-order valence-electron chi connectivity index (χ2n) is 2.08. The Kier molecular flexibility index (Phi) is 4.86. The maximum atomic E-state index is 10.8. The van der Waals surface area contributed by atoms with Crippen LogP contribution in [-0.4, -0.2) is 23.2 Å². The SMILES string of the molecule is C#Cc1[nH]nc(NC)c1C(N)=O.CC. The van der Waals surface area contributed by atoms with Gasteiger partial charge in [-0.2, -0.15) is 5.10 Å². The van der Waals surface area contributed by atoms with Crippen LogP contribution in [0.1, 0.15) is 29.9 Å². The molecule has 0 aliphatic carbocycles. The van der Waals surface area contributed by atoms with Crippen LogP contribution in [0.25, 0.3) is 0 Å². The van der Waals surface area contributed by atoms with E-state index >= 15 is 0 Å². The fourth-order valence-electron chi connectivity index (χ4n) is 0.867. The first-order chi connectivity index (χ1) is 6.70. The average molecular weight is 194 g/mol. The van der Waals surface area contributed by atoms with Crippen molar-refractivity contribution in [3.63, 3.8) is 0 Å². The number of hydrogen-bond acceptors (Lipinski definition) is 3. The van der Waals surface area contributed by atoms with Crippen LogP contribution in [0.4, 0.5) is 5.82 Å². The number of nitrogens with two attached hydrogens (primary N) is 1. The number of anilines is 1. The Hall–Kier alpha value is -1.96. The lowest BCUT2D eigenvalue weighted by molar-refractivity contribution is 0.100. The number of amides is 1. The van der Waals surface area contributed by atoms with Crippen LogP contribution in [0.5, 0.6) is 0 Å². The summed E-state index contributed by atoms with van der Waals surface area (Å²) in [5, 5.41) is 8.95. The van der Waals surface area contributed by atoms with E-state index in [0.29, 0.717) is 11.5 Å². The fourth-order valence-corrected chi connectivity index (χ4v) is 0.867. The molecule has 0 aromatic carbocycles. The first kappa shape index (κ1) is 12.0. The van der Waals surface area contributed by atoms with E-state index in [-0.39, 0.29) is 5.56 Å². The van der Waals surface area contributed by atoms with Crippen molar-refractivity contribution in [1.29, 1.82) is 0 Å². The van der Waals surface area contributed by atoms with Crippen LogP contribution in [0, 0.1) is 12.3 Å². The quantitative estimate of drug-likeness (QED) is 0.601. The third-order valence-corrected chi connectivity index (χ3v) is 1.39. The maximum Gasteiger partial charge on any atom is 0.255 e. The van der Waals surface area contributed by atoms with Gasteiger partial charge in [-0.3, -0.25) is 9.89 Å². The Bertz CT molecular complexity index is 348. The summed E-state index contributed by atoms with van der Waals surface area (Å²) in [5.41, 5.74) is 5.60. The predicted octanol–water partition coefficient (Wildman–Crippen LogP) is 0.558. The van der Waals surface area contributed by atoms with Crippen molar-refractivity contribution < 1.29 is 4.79 Å². The second-order valence-corrected chi connectivity index (χ2v) is 2.08. The molecule has 1 heterocycles. The summed E-state index contributed by atoms with van der Waals surface area (Å²) in [6, 6.07) is 0. The van der Waals surface area contributed by atoms with Crippen LogP contribution in [0.2, 0.25) is 0 Å². The lowest BCUT2D eigenvalue weighted by atomic mass is 10.2. The number of carbonyl (C=O) groups is 1. The predicted molar refractivity (Wildman–Crippen MR) is 55.9 cm³/mol. The van der Waals surface area contributed by atoms with Gasteiger partial charge in [-0.1, -0.05) is 13.8 Å². The van der Waals surface area contributed by atoms with Gasteiger partial charge in [0.1, 0.15) is 11.3 Å². The highest BCUT2D eigenvalue weighted by atomic mass is 16.1. The van der Waals surface area contributed by atoms with E-state index in [9.17, 15) is 4.79 Å². The number of carbonyl (C=O) groups excluding carboxylic acids is 1. The first-order valence-corrected chi connectivity index (χ1v) is 4.23. The van der Waals surface area contributed by atoms with Crippen molar-refractivity contribution in [2.24, 2.45) is 5.73 Å². The van der Waals surface area contributed by atoms with E-state index in [4.69, 9.17) is 12.2 Å². The van der Waals surface area contributed by atoms with Gasteiger partial charge in [-0.05, 0) is 5.92 Å². The number of aromatic amines is 1. The molecule has 0 atom stereocenters. The molecule has 1 amide bonds. The Morgan fingerprint density at radius 3 is 2.57 bits per heavy atom. The second kappa shape index (κ2) is 5.65. The smallest absolute Gasteiger partial charge is 0.255 e. The monoisotopic (exact) mass is 194 g/mol. The Labute approximate surface area is 83.1 Å². The summed E-state index contributed by atoms with van der Waals surface area (Å²) >= 11 is 0. The Morgan fingerprint density at radius 2 is 2.21 bits per heavy atom. The number of rotatable bonds is 2. The van der Waals surface area contributed by atoms with Gasteiger partial charge >= 0.3 is 0 Å². The van der Waals surface area contributed by atoms with Gasteiger partial charge in [0.25, 0.3) is 5.91 Å². The van der Waals surface area contributed by atoms with E-state index in [0.717, 1.165) is 0 Å². The molecule has 5 heteroatoms. The Morgan fingerprint density at radius 1 is 1.64 bits per heavy atom. The van der Waals surface area contributed by atoms with Crippen molar-refractivity contribution in [2.75, 3.05) is 12.4 Å². The molecular formula is C9H14N4O. The minimum absolute atomic E-state index is 0.222. The van der Waals surface area contributed by atoms with E-state index < -0.39 is 5.91 Å². The molecule has 76 valence electrons. The van der Waals surface area contributed by atoms with Crippen LogP contribution < -0.4 is 11.1 Å². The summed E-state index contributed by atoms with van der Waals surface area (Å²) in [6.45, 7) is 4.00. The van der Waals surface area contributed by atoms with Gasteiger partial charge in [-0.15, -0.1) is 6.42 Å². The molecule has 0 saturated heterocycles. The molecule has 0 aliphatic heterocycles. The molecule has 5 nitrogen and oxygen atoms in total. The molecule has 0 unspecified atom stereocenters. The number of primary amides is 1. The largest absolute Gasteiger partial charge is 0.371 e. The van der Waals surface area contributed by atoms with Crippen molar-refractivity contribution in [2.45, 2.75) is 13.8 Å². The molecule has 0 spiro atoms. The number of aromatic nitrogens is 2. The van der Waals surface area contributed by atoms with Crippen molar-refractivity contribution in [3.8, 4) is 12.3 Å². The molecule has 0 saturated carbocycles. The van der Waals surface area contributed by atoms with Crippen molar-refractivity contribution >= 4 is 11.7 Å². The molecular weight excluding hydrogens is 180 g/mol. The number of H-pyrrole nitrogens is 1. The highest BCUT2D eigenvalue weighted by Gasteiger charge is 2.15. The normalized spacial score (nSPS) is 8.14. The third kappa shape index (κ3) is 2.26. The van der Waals surface area contributed by atoms with Crippen LogP contribution >= 0.6 is 0 Å². The molecule has 14 heavy (non-hydrogen) atoms. The zero-order chi connectivity index (χ0) is 11.1. The van der Waals surface area contributed by atoms with E-state index in [2.05, 4.69) is 21.4 Å². The summed E-state index contributed by atoms with van der Waals surface area (Å²) in [4.78, 5) is 10.8. The standard InChI is InChI=1S/C7H8N4O.C2H6/c1-3-4-5(6(8)12)7(9-2)11-10-4;1-2/h1H,2H3,(H2,8,12)(H2,9,10,11);1-2H3. The topological polar surface area (TPSA) is 83.8 Å². The molecule has 0 radical (unpaired) electrons. The summed E-state index contributed by atoms with van der Waals surface area (Å²) < 4.78 is 0. The summed E-state index contributed by atoms with van der Waals surface area (Å²) in [7, 11) is 1.63. The zero-order valence-electron chi connectivity index (χ0n) is 8.51. The number of nitrogens with zero attached hydrogens (tertiary/aromatic N) is 1. The van der Waals surface area contributed by atoms with E-state index in [1.54, 1.807) is 7.05 Å². The number of nitrogens with one attached hydrogen (secondary N) is 2. The van der Waals surface area contributed by atoms with Gasteiger partial charge in [0.15, 0.2) is 5.82 Å². The molecule has 0 aliphatic rings. The van der Waals surface area contributed by atoms with Gasteiger partial charge in [0.05, 0.1) is 0 Å². The minimum atomic E-state index is -0.596. The third-order valence-electron chi connectivity index (χ3n) is 1.39. The molecule has 1 aromatic heterocycles. The van der Waals surface area contributed by atoms with Crippen molar-refractivity contribution in [1.82, 2.24) is 10.2 Å². The molecule has 0 fully saturated rings. The highest BCUT2D eigenvalue weighted by molar-refractivity contribution is 5.99. The average Bonchev–Trinajstić information content (AvgIpc) is 2.63. The zero-order valence-corrected chi connectivity index (χ0v) is 8.51. The van der Waals surface area contributed by atoms with E-state index in [1.165, 1.54) is 0 Å². The van der Waals surface area contributed by atoms with Crippen LogP contribution in [0.15, 0.2) is 0 Å². The highest BCUT2D eigenvalue weighted by Crippen LogP contribution is 2.13. The first-order valence-electron chi connectivity index (χ1n) is 4.23. The van der Waals surface area contributed by atoms with Crippen LogP contribution in [-0.2, 0) is 0 Å². The minimum Gasteiger partial charge on any atom is -0.371 e. The molecule has 1 rings (SSSR count). The van der Waals surface area contributed by atoms with Crippen molar-refractivity contribution in [3.05, 3.63) is 11.3 Å². The molecule has 4 N–H and O–H groups in total. The van der Waals surface area contributed by atoms with Gasteiger partial charge in [-0.25, -0.2) is 0 Å². The lowest BCUT2D eigenvalue weighted by Crippen LogP contribution is -2.13. The van der Waals surface area contributed by atoms with E-state index in [1.807, 2.05) is 13.8 Å². The van der Waals surface area contributed by atoms with Gasteiger partial charge in [0.2, 0.25) is 0 Å². The summed E-state index contributed by atoms with van der Waals surface area (Å²) in [5.74, 6) is 2.05.